The molecule has 1 aliphatic heterocycles. The van der Waals surface area contributed by atoms with Gasteiger partial charge in [-0.3, -0.25) is 4.79 Å². The van der Waals surface area contributed by atoms with Gasteiger partial charge in [-0.2, -0.15) is 4.31 Å². The number of hydrogen-bond acceptors (Lipinski definition) is 5. The number of fused-ring (bicyclic) bond motifs is 1. The SMILES string of the molecule is O=C(NCc1nc2ccccc2s1)C1CCN(S(=O)(=O)c2ccccc2F)CC1. The van der Waals surface area contributed by atoms with E-state index in [0.29, 0.717) is 19.4 Å². The Morgan fingerprint density at radius 1 is 1.14 bits per heavy atom. The number of carbonyl (C=O) groups excluding carboxylic acids is 1. The van der Waals surface area contributed by atoms with E-state index in [4.69, 9.17) is 0 Å². The highest BCUT2D eigenvalue weighted by atomic mass is 32.2. The summed E-state index contributed by atoms with van der Waals surface area (Å²) in [6.07, 6.45) is 0.804. The Morgan fingerprint density at radius 2 is 1.83 bits per heavy atom. The fourth-order valence-electron chi connectivity index (χ4n) is 3.45. The summed E-state index contributed by atoms with van der Waals surface area (Å²) in [4.78, 5) is 16.7. The number of aromatic nitrogens is 1. The van der Waals surface area contributed by atoms with Crippen LogP contribution in [0.5, 0.6) is 0 Å². The molecule has 1 amide bonds. The zero-order valence-electron chi connectivity index (χ0n) is 15.5. The second kappa shape index (κ2) is 8.17. The largest absolute Gasteiger partial charge is 0.349 e. The van der Waals surface area contributed by atoms with E-state index < -0.39 is 15.8 Å². The number of rotatable bonds is 5. The lowest BCUT2D eigenvalue weighted by Gasteiger charge is -2.30. The second-order valence-corrected chi connectivity index (χ2v) is 9.92. The van der Waals surface area contributed by atoms with E-state index in [9.17, 15) is 17.6 Å². The molecule has 1 N–H and O–H groups in total. The van der Waals surface area contributed by atoms with Crippen LogP contribution in [0.25, 0.3) is 10.2 Å². The van der Waals surface area contributed by atoms with Gasteiger partial charge in [-0.05, 0) is 37.1 Å². The monoisotopic (exact) mass is 433 g/mol. The average Bonchev–Trinajstić information content (AvgIpc) is 3.15. The van der Waals surface area contributed by atoms with Crippen LogP contribution in [0.1, 0.15) is 17.8 Å². The van der Waals surface area contributed by atoms with Crippen LogP contribution in [-0.2, 0) is 21.4 Å². The summed E-state index contributed by atoms with van der Waals surface area (Å²) in [5.74, 6) is -1.13. The van der Waals surface area contributed by atoms with Crippen molar-refractivity contribution in [2.75, 3.05) is 13.1 Å². The van der Waals surface area contributed by atoms with Crippen molar-refractivity contribution < 1.29 is 17.6 Å². The number of nitrogens with one attached hydrogen (secondary N) is 1. The highest BCUT2D eigenvalue weighted by molar-refractivity contribution is 7.89. The predicted molar refractivity (Wildman–Crippen MR) is 109 cm³/mol. The molecule has 0 radical (unpaired) electrons. The third-order valence-electron chi connectivity index (χ3n) is 5.03. The molecule has 1 aliphatic rings. The molecule has 2 heterocycles. The van der Waals surface area contributed by atoms with Gasteiger partial charge in [0, 0.05) is 19.0 Å². The standard InChI is InChI=1S/C20H20FN3O3S2/c21-15-5-1-4-8-18(15)29(26,27)24-11-9-14(10-12-24)20(25)22-13-19-23-16-6-2-3-7-17(16)28-19/h1-8,14H,9-13H2,(H,22,25). The number of benzene rings is 2. The Morgan fingerprint density at radius 3 is 2.55 bits per heavy atom. The van der Waals surface area contributed by atoms with E-state index in [1.54, 1.807) is 0 Å². The molecule has 6 nitrogen and oxygen atoms in total. The van der Waals surface area contributed by atoms with E-state index in [1.807, 2.05) is 24.3 Å². The van der Waals surface area contributed by atoms with Gasteiger partial charge < -0.3 is 5.32 Å². The zero-order valence-corrected chi connectivity index (χ0v) is 17.2. The molecule has 4 rings (SSSR count). The van der Waals surface area contributed by atoms with Crippen molar-refractivity contribution in [2.24, 2.45) is 5.92 Å². The Labute approximate surface area is 172 Å². The molecular formula is C20H20FN3O3S2. The van der Waals surface area contributed by atoms with Gasteiger partial charge in [0.05, 0.1) is 16.8 Å². The fraction of sp³-hybridized carbons (Fsp3) is 0.300. The highest BCUT2D eigenvalue weighted by Gasteiger charge is 2.33. The molecule has 9 heteroatoms. The molecule has 0 atom stereocenters. The molecule has 1 fully saturated rings. The molecule has 29 heavy (non-hydrogen) atoms. The Hall–Kier alpha value is -2.36. The first-order chi connectivity index (χ1) is 13.9. The average molecular weight is 434 g/mol. The third-order valence-corrected chi connectivity index (χ3v) is 8.00. The summed E-state index contributed by atoms with van der Waals surface area (Å²) in [5, 5.41) is 3.74. The molecule has 0 saturated carbocycles. The van der Waals surface area contributed by atoms with Gasteiger partial charge >= 0.3 is 0 Å². The maximum absolute atomic E-state index is 13.9. The van der Waals surface area contributed by atoms with Gasteiger partial charge in [-0.1, -0.05) is 24.3 Å². The highest BCUT2D eigenvalue weighted by Crippen LogP contribution is 2.26. The first-order valence-corrected chi connectivity index (χ1v) is 11.6. The number of piperidine rings is 1. The molecule has 1 aromatic heterocycles. The van der Waals surface area contributed by atoms with Crippen molar-refractivity contribution in [1.29, 1.82) is 0 Å². The number of nitrogens with zero attached hydrogens (tertiary/aromatic N) is 2. The molecular weight excluding hydrogens is 413 g/mol. The van der Waals surface area contributed by atoms with Gasteiger partial charge in [0.25, 0.3) is 0 Å². The number of halogens is 1. The van der Waals surface area contributed by atoms with Gasteiger partial charge in [0.2, 0.25) is 15.9 Å². The molecule has 1 saturated heterocycles. The third kappa shape index (κ3) is 4.17. The number of sulfonamides is 1. The normalized spacial score (nSPS) is 16.2. The minimum atomic E-state index is -3.89. The lowest BCUT2D eigenvalue weighted by molar-refractivity contribution is -0.126. The van der Waals surface area contributed by atoms with Crippen LogP contribution >= 0.6 is 11.3 Å². The second-order valence-electron chi connectivity index (χ2n) is 6.90. The first kappa shape index (κ1) is 19.9. The van der Waals surface area contributed by atoms with Crippen LogP contribution < -0.4 is 5.32 Å². The summed E-state index contributed by atoms with van der Waals surface area (Å²) < 4.78 is 41.6. The summed E-state index contributed by atoms with van der Waals surface area (Å²) in [7, 11) is -3.89. The quantitative estimate of drug-likeness (QED) is 0.670. The number of hydrogen-bond donors (Lipinski definition) is 1. The van der Waals surface area contributed by atoms with Crippen molar-refractivity contribution in [1.82, 2.24) is 14.6 Å². The number of amides is 1. The predicted octanol–water partition coefficient (Wildman–Crippen LogP) is 3.15. The summed E-state index contributed by atoms with van der Waals surface area (Å²) in [6, 6.07) is 13.2. The van der Waals surface area contributed by atoms with E-state index >= 15 is 0 Å². The van der Waals surface area contributed by atoms with Crippen molar-refractivity contribution in [3.8, 4) is 0 Å². The lowest BCUT2D eigenvalue weighted by atomic mass is 9.97. The Balaban J connectivity index is 1.34. The summed E-state index contributed by atoms with van der Waals surface area (Å²) in [5.41, 5.74) is 0.911. The smallest absolute Gasteiger partial charge is 0.245 e. The van der Waals surface area contributed by atoms with Gasteiger partial charge in [-0.25, -0.2) is 17.8 Å². The van der Waals surface area contributed by atoms with Crippen LogP contribution in [0.15, 0.2) is 53.4 Å². The van der Waals surface area contributed by atoms with Gasteiger partial charge in [0.15, 0.2) is 0 Å². The number of thiazole rings is 1. The fourth-order valence-corrected chi connectivity index (χ4v) is 5.90. The van der Waals surface area contributed by atoms with Crippen LogP contribution in [0, 0.1) is 11.7 Å². The molecule has 0 bridgehead atoms. The van der Waals surface area contributed by atoms with Crippen LogP contribution in [0.2, 0.25) is 0 Å². The molecule has 3 aromatic rings. The molecule has 0 aliphatic carbocycles. The van der Waals surface area contributed by atoms with Crippen molar-refractivity contribution in [3.05, 3.63) is 59.4 Å². The van der Waals surface area contributed by atoms with Crippen molar-refractivity contribution >= 4 is 37.5 Å². The van der Waals surface area contributed by atoms with Gasteiger partial charge in [-0.15, -0.1) is 11.3 Å². The molecule has 152 valence electrons. The maximum Gasteiger partial charge on any atom is 0.245 e. The van der Waals surface area contributed by atoms with E-state index in [0.717, 1.165) is 21.3 Å². The van der Waals surface area contributed by atoms with Crippen LogP contribution in [0.3, 0.4) is 0 Å². The summed E-state index contributed by atoms with van der Waals surface area (Å²) in [6.45, 7) is 0.734. The van der Waals surface area contributed by atoms with Crippen molar-refractivity contribution in [2.45, 2.75) is 24.3 Å². The minimum Gasteiger partial charge on any atom is -0.349 e. The van der Waals surface area contributed by atoms with E-state index in [2.05, 4.69) is 10.3 Å². The first-order valence-electron chi connectivity index (χ1n) is 9.32. The number of carbonyl (C=O) groups is 1. The molecule has 0 spiro atoms. The summed E-state index contributed by atoms with van der Waals surface area (Å²) >= 11 is 1.54. The lowest BCUT2D eigenvalue weighted by Crippen LogP contribution is -2.43. The molecule has 0 unspecified atom stereocenters. The van der Waals surface area contributed by atoms with E-state index in [1.165, 1.54) is 33.8 Å². The molecule has 2 aromatic carbocycles. The number of para-hydroxylation sites is 1. The van der Waals surface area contributed by atoms with Crippen LogP contribution in [0.4, 0.5) is 4.39 Å². The van der Waals surface area contributed by atoms with E-state index in [-0.39, 0.29) is 29.8 Å². The minimum absolute atomic E-state index is 0.104. The maximum atomic E-state index is 13.9. The topological polar surface area (TPSA) is 79.4 Å². The Kier molecular flexibility index (Phi) is 5.62. The Bertz CT molecular complexity index is 1110. The van der Waals surface area contributed by atoms with Gasteiger partial charge in [0.1, 0.15) is 15.7 Å². The van der Waals surface area contributed by atoms with Crippen molar-refractivity contribution in [3.63, 3.8) is 0 Å². The zero-order chi connectivity index (χ0) is 20.4. The van der Waals surface area contributed by atoms with Crippen LogP contribution in [-0.4, -0.2) is 36.7 Å².